The van der Waals surface area contributed by atoms with Gasteiger partial charge in [-0.15, -0.1) is 0 Å². The molecule has 31 heavy (non-hydrogen) atoms. The molecule has 0 radical (unpaired) electrons. The summed E-state index contributed by atoms with van der Waals surface area (Å²) >= 11 is 5.88. The van der Waals surface area contributed by atoms with Crippen molar-refractivity contribution in [2.75, 3.05) is 10.6 Å². The molecule has 0 spiro atoms. The number of aromatic nitrogens is 2. The second kappa shape index (κ2) is 8.85. The number of nitrogens with one attached hydrogen (secondary N) is 2. The average Bonchev–Trinajstić information content (AvgIpc) is 2.96. The Hall–Kier alpha value is -3.26. The summed E-state index contributed by atoms with van der Waals surface area (Å²) in [6.45, 7) is 0.639. The van der Waals surface area contributed by atoms with Crippen LogP contribution in [0.15, 0.2) is 41.2 Å². The Balaban J connectivity index is 1.47. The zero-order valence-corrected chi connectivity index (χ0v) is 17.3. The first-order chi connectivity index (χ1) is 14.9. The number of carbonyl (C=O) groups is 2. The van der Waals surface area contributed by atoms with Crippen LogP contribution in [-0.2, 0) is 22.6 Å². The first kappa shape index (κ1) is 21.0. The molecule has 1 aromatic heterocycles. The number of aryl methyl sites for hydroxylation is 1. The Morgan fingerprint density at radius 1 is 1.06 bits per heavy atom. The van der Waals surface area contributed by atoms with Gasteiger partial charge < -0.3 is 10.6 Å². The predicted octanol–water partition coefficient (Wildman–Crippen LogP) is 3.88. The van der Waals surface area contributed by atoms with E-state index in [9.17, 15) is 18.8 Å². The van der Waals surface area contributed by atoms with E-state index in [1.165, 1.54) is 6.07 Å². The van der Waals surface area contributed by atoms with Crippen molar-refractivity contribution in [3.8, 4) is 0 Å². The summed E-state index contributed by atoms with van der Waals surface area (Å²) in [5.74, 6) is -0.890. The SMILES string of the molecule is O=C(CC(=O)Nc1ccc(F)cc1Cl)Nc1ccc2nc3n(c(=O)c2c1)CCCCC3. The van der Waals surface area contributed by atoms with Crippen molar-refractivity contribution in [3.63, 3.8) is 0 Å². The molecule has 0 saturated heterocycles. The largest absolute Gasteiger partial charge is 0.326 e. The lowest BCUT2D eigenvalue weighted by Crippen LogP contribution is -2.25. The van der Waals surface area contributed by atoms with Crippen LogP contribution in [0.1, 0.15) is 31.5 Å². The first-order valence-corrected chi connectivity index (χ1v) is 10.4. The van der Waals surface area contributed by atoms with Gasteiger partial charge in [-0.25, -0.2) is 9.37 Å². The van der Waals surface area contributed by atoms with Crippen LogP contribution in [0, 0.1) is 5.82 Å². The molecule has 2 aromatic carbocycles. The molecule has 0 bridgehead atoms. The van der Waals surface area contributed by atoms with Gasteiger partial charge in [0.1, 0.15) is 18.1 Å². The molecule has 0 atom stereocenters. The number of amides is 2. The van der Waals surface area contributed by atoms with Crippen molar-refractivity contribution < 1.29 is 14.0 Å². The van der Waals surface area contributed by atoms with E-state index in [2.05, 4.69) is 15.6 Å². The van der Waals surface area contributed by atoms with E-state index in [1.807, 2.05) is 0 Å². The van der Waals surface area contributed by atoms with Gasteiger partial charge in [0.2, 0.25) is 11.8 Å². The summed E-state index contributed by atoms with van der Waals surface area (Å²) in [6.07, 6.45) is 3.32. The maximum Gasteiger partial charge on any atom is 0.261 e. The van der Waals surface area contributed by atoms with E-state index in [1.54, 1.807) is 22.8 Å². The summed E-state index contributed by atoms with van der Waals surface area (Å²) < 4.78 is 14.8. The highest BCUT2D eigenvalue weighted by atomic mass is 35.5. The fraction of sp³-hybridized carbons (Fsp3) is 0.273. The summed E-state index contributed by atoms with van der Waals surface area (Å²) in [4.78, 5) is 41.9. The molecule has 4 rings (SSSR count). The average molecular weight is 443 g/mol. The number of carbonyl (C=O) groups excluding carboxylic acids is 2. The number of rotatable bonds is 4. The van der Waals surface area contributed by atoms with Gasteiger partial charge in [-0.2, -0.15) is 0 Å². The summed E-state index contributed by atoms with van der Waals surface area (Å²) in [5, 5.41) is 5.56. The zero-order valence-electron chi connectivity index (χ0n) is 16.6. The third-order valence-electron chi connectivity index (χ3n) is 5.13. The maximum absolute atomic E-state index is 13.1. The molecule has 0 aliphatic carbocycles. The monoisotopic (exact) mass is 442 g/mol. The van der Waals surface area contributed by atoms with Crippen molar-refractivity contribution in [1.29, 1.82) is 0 Å². The van der Waals surface area contributed by atoms with Crippen molar-refractivity contribution in [2.24, 2.45) is 0 Å². The van der Waals surface area contributed by atoms with Gasteiger partial charge in [-0.3, -0.25) is 19.0 Å². The molecule has 3 aromatic rings. The number of hydrogen-bond donors (Lipinski definition) is 2. The lowest BCUT2D eigenvalue weighted by atomic mass is 10.2. The molecule has 160 valence electrons. The Morgan fingerprint density at radius 3 is 2.68 bits per heavy atom. The predicted molar refractivity (Wildman–Crippen MR) is 117 cm³/mol. The standard InChI is InChI=1S/C22H20ClFN4O3/c23-16-10-13(24)5-7-18(16)27-21(30)12-20(29)25-14-6-8-17-15(11-14)22(31)28-9-3-1-2-4-19(28)26-17/h5-8,10-11H,1-4,9,12H2,(H,25,29)(H,27,30). The molecule has 2 heterocycles. The van der Waals surface area contributed by atoms with Crippen LogP contribution in [0.5, 0.6) is 0 Å². The minimum atomic E-state index is -0.598. The van der Waals surface area contributed by atoms with Crippen molar-refractivity contribution >= 4 is 45.7 Å². The third-order valence-corrected chi connectivity index (χ3v) is 5.44. The summed E-state index contributed by atoms with van der Waals surface area (Å²) in [6, 6.07) is 8.46. The van der Waals surface area contributed by atoms with E-state index in [0.717, 1.165) is 43.6 Å². The van der Waals surface area contributed by atoms with Gasteiger partial charge in [0.25, 0.3) is 5.56 Å². The Kier molecular flexibility index (Phi) is 5.99. The van der Waals surface area contributed by atoms with Gasteiger partial charge >= 0.3 is 0 Å². The lowest BCUT2D eigenvalue weighted by Gasteiger charge is -2.11. The molecule has 0 unspecified atom stereocenters. The second-order valence-electron chi connectivity index (χ2n) is 7.42. The Bertz CT molecular complexity index is 1240. The third kappa shape index (κ3) is 4.74. The Labute approximate surface area is 182 Å². The molecule has 2 N–H and O–H groups in total. The van der Waals surface area contributed by atoms with Gasteiger partial charge in [0.15, 0.2) is 0 Å². The molecule has 2 amide bonds. The molecule has 7 nitrogen and oxygen atoms in total. The number of benzene rings is 2. The molecule has 0 fully saturated rings. The fourth-order valence-electron chi connectivity index (χ4n) is 3.63. The topological polar surface area (TPSA) is 93.1 Å². The van der Waals surface area contributed by atoms with Gasteiger partial charge in [-0.05, 0) is 49.2 Å². The van der Waals surface area contributed by atoms with Crippen molar-refractivity contribution in [1.82, 2.24) is 9.55 Å². The minimum Gasteiger partial charge on any atom is -0.326 e. The van der Waals surface area contributed by atoms with Crippen LogP contribution in [0.4, 0.5) is 15.8 Å². The molecular weight excluding hydrogens is 423 g/mol. The van der Waals surface area contributed by atoms with E-state index in [4.69, 9.17) is 11.6 Å². The van der Waals surface area contributed by atoms with Crippen molar-refractivity contribution in [2.45, 2.75) is 38.6 Å². The lowest BCUT2D eigenvalue weighted by molar-refractivity contribution is -0.123. The van der Waals surface area contributed by atoms with Crippen LogP contribution in [0.2, 0.25) is 5.02 Å². The maximum atomic E-state index is 13.1. The molecular formula is C22H20ClFN4O3. The molecule has 0 saturated carbocycles. The number of nitrogens with zero attached hydrogens (tertiary/aromatic N) is 2. The van der Waals surface area contributed by atoms with Gasteiger partial charge in [-0.1, -0.05) is 18.0 Å². The van der Waals surface area contributed by atoms with Gasteiger partial charge in [0.05, 0.1) is 21.6 Å². The highest BCUT2D eigenvalue weighted by Gasteiger charge is 2.16. The zero-order chi connectivity index (χ0) is 22.0. The number of hydrogen-bond acceptors (Lipinski definition) is 4. The van der Waals surface area contributed by atoms with E-state index >= 15 is 0 Å². The van der Waals surface area contributed by atoms with Crippen LogP contribution in [-0.4, -0.2) is 21.4 Å². The highest BCUT2D eigenvalue weighted by Crippen LogP contribution is 2.23. The van der Waals surface area contributed by atoms with Crippen LogP contribution >= 0.6 is 11.6 Å². The minimum absolute atomic E-state index is 0.0374. The molecule has 1 aliphatic heterocycles. The smallest absolute Gasteiger partial charge is 0.261 e. The van der Waals surface area contributed by atoms with Crippen LogP contribution in [0.3, 0.4) is 0 Å². The van der Waals surface area contributed by atoms with E-state index in [0.29, 0.717) is 23.1 Å². The fourth-order valence-corrected chi connectivity index (χ4v) is 3.85. The normalized spacial score (nSPS) is 13.4. The van der Waals surface area contributed by atoms with Crippen molar-refractivity contribution in [3.05, 3.63) is 63.4 Å². The number of halogens is 2. The van der Waals surface area contributed by atoms with Crippen LogP contribution in [0.25, 0.3) is 10.9 Å². The highest BCUT2D eigenvalue weighted by molar-refractivity contribution is 6.33. The molecule has 1 aliphatic rings. The second-order valence-corrected chi connectivity index (χ2v) is 7.83. The number of anilines is 2. The van der Waals surface area contributed by atoms with Crippen LogP contribution < -0.4 is 16.2 Å². The van der Waals surface area contributed by atoms with Gasteiger partial charge in [0, 0.05) is 18.7 Å². The first-order valence-electron chi connectivity index (χ1n) is 9.99. The molecule has 9 heteroatoms. The van der Waals surface area contributed by atoms with E-state index in [-0.39, 0.29) is 16.3 Å². The number of fused-ring (bicyclic) bond motifs is 2. The van der Waals surface area contributed by atoms with E-state index < -0.39 is 24.1 Å². The Morgan fingerprint density at radius 2 is 1.87 bits per heavy atom. The quantitative estimate of drug-likeness (QED) is 0.599. The summed E-state index contributed by atoms with van der Waals surface area (Å²) in [7, 11) is 0. The summed E-state index contributed by atoms with van der Waals surface area (Å²) in [5.41, 5.74) is 1.08.